The molecule has 17 heavy (non-hydrogen) atoms. The van der Waals surface area contributed by atoms with Gasteiger partial charge >= 0.3 is 0 Å². The second kappa shape index (κ2) is 5.51. The zero-order chi connectivity index (χ0) is 12.1. The van der Waals surface area contributed by atoms with Gasteiger partial charge in [-0.1, -0.05) is 15.9 Å². The second-order valence-corrected chi connectivity index (χ2v) is 4.43. The molecule has 2 N–H and O–H groups in total. The third-order valence-electron chi connectivity index (χ3n) is 2.33. The van der Waals surface area contributed by atoms with Gasteiger partial charge in [-0.2, -0.15) is 5.26 Å². The molecule has 1 aromatic carbocycles. The molecule has 0 atom stereocenters. The predicted molar refractivity (Wildman–Crippen MR) is 69.6 cm³/mol. The predicted octanol–water partition coefficient (Wildman–Crippen LogP) is 2.70. The Hall–Kier alpha value is -1.80. The Morgan fingerprint density at radius 1 is 1.47 bits per heavy atom. The van der Waals surface area contributed by atoms with Crippen LogP contribution >= 0.6 is 15.9 Å². The molecule has 5 heteroatoms. The molecule has 0 saturated carbocycles. The molecule has 2 rings (SSSR count). The molecule has 0 aliphatic carbocycles. The van der Waals surface area contributed by atoms with Gasteiger partial charge in [0.15, 0.2) is 0 Å². The summed E-state index contributed by atoms with van der Waals surface area (Å²) < 4.78 is 0.908. The van der Waals surface area contributed by atoms with E-state index in [1.165, 1.54) is 0 Å². The van der Waals surface area contributed by atoms with E-state index in [1.54, 1.807) is 18.5 Å². The molecular weight excluding hydrogens is 280 g/mol. The number of anilines is 1. The maximum absolute atomic E-state index is 9.00. The highest BCUT2D eigenvalue weighted by molar-refractivity contribution is 9.10. The van der Waals surface area contributed by atoms with Gasteiger partial charge in [-0.15, -0.1) is 0 Å². The minimum absolute atomic E-state index is 0.638. The molecule has 86 valence electrons. The number of benzene rings is 1. The van der Waals surface area contributed by atoms with Gasteiger partial charge < -0.3 is 10.3 Å². The van der Waals surface area contributed by atoms with Crippen LogP contribution in [-0.4, -0.2) is 16.5 Å². The standard InChI is InChI=1S/C12H11BrN4/c13-10-1-2-11(9(7-10)8-14)15-4-3-12-16-5-6-17-12/h1-2,5-7,15H,3-4H2,(H,16,17). The Morgan fingerprint density at radius 3 is 3.06 bits per heavy atom. The van der Waals surface area contributed by atoms with Crippen molar-refractivity contribution in [2.24, 2.45) is 0 Å². The molecule has 0 amide bonds. The summed E-state index contributed by atoms with van der Waals surface area (Å²) in [5, 5.41) is 12.2. The SMILES string of the molecule is N#Cc1cc(Br)ccc1NCCc1ncc[nH]1. The lowest BCUT2D eigenvalue weighted by Gasteiger charge is -2.07. The van der Waals surface area contributed by atoms with Crippen LogP contribution in [0.2, 0.25) is 0 Å². The first kappa shape index (κ1) is 11.7. The summed E-state index contributed by atoms with van der Waals surface area (Å²) in [6.45, 7) is 0.740. The summed E-state index contributed by atoms with van der Waals surface area (Å²) in [7, 11) is 0. The van der Waals surface area contributed by atoms with E-state index in [1.807, 2.05) is 12.1 Å². The van der Waals surface area contributed by atoms with Crippen LogP contribution in [0.1, 0.15) is 11.4 Å². The Kier molecular flexibility index (Phi) is 3.78. The molecule has 1 aromatic heterocycles. The highest BCUT2D eigenvalue weighted by atomic mass is 79.9. The van der Waals surface area contributed by atoms with Crippen molar-refractivity contribution in [3.8, 4) is 6.07 Å². The number of hydrogen-bond donors (Lipinski definition) is 2. The zero-order valence-electron chi connectivity index (χ0n) is 9.07. The number of H-pyrrole nitrogens is 1. The highest BCUT2D eigenvalue weighted by Crippen LogP contribution is 2.20. The van der Waals surface area contributed by atoms with Crippen molar-refractivity contribution in [3.05, 3.63) is 46.5 Å². The van der Waals surface area contributed by atoms with Gasteiger partial charge in [-0.25, -0.2) is 4.98 Å². The summed E-state index contributed by atoms with van der Waals surface area (Å²) in [5.41, 5.74) is 1.49. The van der Waals surface area contributed by atoms with Crippen LogP contribution in [0, 0.1) is 11.3 Å². The molecular formula is C12H11BrN4. The fraction of sp³-hybridized carbons (Fsp3) is 0.167. The fourth-order valence-corrected chi connectivity index (χ4v) is 1.87. The number of nitriles is 1. The van der Waals surface area contributed by atoms with Gasteiger partial charge in [0.2, 0.25) is 0 Å². The normalized spacial score (nSPS) is 9.88. The van der Waals surface area contributed by atoms with E-state index < -0.39 is 0 Å². The Labute approximate surface area is 108 Å². The minimum atomic E-state index is 0.638. The molecule has 1 heterocycles. The van der Waals surface area contributed by atoms with Crippen LogP contribution < -0.4 is 5.32 Å². The van der Waals surface area contributed by atoms with E-state index >= 15 is 0 Å². The lowest BCUT2D eigenvalue weighted by Crippen LogP contribution is -2.07. The first-order chi connectivity index (χ1) is 8.29. The van der Waals surface area contributed by atoms with Gasteiger partial charge in [-0.3, -0.25) is 0 Å². The highest BCUT2D eigenvalue weighted by Gasteiger charge is 2.02. The molecule has 2 aromatic rings. The smallest absolute Gasteiger partial charge is 0.107 e. The van der Waals surface area contributed by atoms with Gasteiger partial charge in [0, 0.05) is 29.8 Å². The van der Waals surface area contributed by atoms with Crippen molar-refractivity contribution in [3.63, 3.8) is 0 Å². The molecule has 0 aliphatic rings. The Balaban J connectivity index is 1.97. The second-order valence-electron chi connectivity index (χ2n) is 3.51. The van der Waals surface area contributed by atoms with Crippen LogP contribution in [0.4, 0.5) is 5.69 Å². The number of hydrogen-bond acceptors (Lipinski definition) is 3. The van der Waals surface area contributed by atoms with Crippen molar-refractivity contribution >= 4 is 21.6 Å². The summed E-state index contributed by atoms with van der Waals surface area (Å²) in [4.78, 5) is 7.17. The fourth-order valence-electron chi connectivity index (χ4n) is 1.51. The van der Waals surface area contributed by atoms with Crippen LogP contribution in [-0.2, 0) is 6.42 Å². The van der Waals surface area contributed by atoms with E-state index in [-0.39, 0.29) is 0 Å². The van der Waals surface area contributed by atoms with Crippen molar-refractivity contribution in [2.75, 3.05) is 11.9 Å². The van der Waals surface area contributed by atoms with E-state index in [2.05, 4.69) is 37.3 Å². The topological polar surface area (TPSA) is 64.5 Å². The number of nitrogens with one attached hydrogen (secondary N) is 2. The lowest BCUT2D eigenvalue weighted by molar-refractivity contribution is 0.927. The van der Waals surface area contributed by atoms with E-state index in [9.17, 15) is 0 Å². The Bertz CT molecular complexity index is 528. The number of aromatic nitrogens is 2. The van der Waals surface area contributed by atoms with E-state index in [4.69, 9.17) is 5.26 Å². The van der Waals surface area contributed by atoms with Crippen LogP contribution in [0.15, 0.2) is 35.1 Å². The maximum atomic E-state index is 9.00. The zero-order valence-corrected chi connectivity index (χ0v) is 10.7. The van der Waals surface area contributed by atoms with Crippen molar-refractivity contribution in [2.45, 2.75) is 6.42 Å². The van der Waals surface area contributed by atoms with Crippen LogP contribution in [0.5, 0.6) is 0 Å². The molecule has 0 aliphatic heterocycles. The molecule has 0 fully saturated rings. The van der Waals surface area contributed by atoms with Crippen LogP contribution in [0.25, 0.3) is 0 Å². The summed E-state index contributed by atoms with van der Waals surface area (Å²) in [6, 6.07) is 7.77. The third-order valence-corrected chi connectivity index (χ3v) is 2.83. The lowest BCUT2D eigenvalue weighted by atomic mass is 10.2. The Morgan fingerprint density at radius 2 is 2.35 bits per heavy atom. The molecule has 4 nitrogen and oxygen atoms in total. The molecule has 0 unspecified atom stereocenters. The average molecular weight is 291 g/mol. The minimum Gasteiger partial charge on any atom is -0.384 e. The van der Waals surface area contributed by atoms with Gasteiger partial charge in [-0.05, 0) is 18.2 Å². The number of nitrogens with zero attached hydrogens (tertiary/aromatic N) is 2. The molecule has 0 radical (unpaired) electrons. The average Bonchev–Trinajstić information content (AvgIpc) is 2.84. The summed E-state index contributed by atoms with van der Waals surface area (Å²) >= 11 is 3.34. The van der Waals surface area contributed by atoms with E-state index in [0.717, 1.165) is 29.0 Å². The van der Waals surface area contributed by atoms with Gasteiger partial charge in [0.25, 0.3) is 0 Å². The monoisotopic (exact) mass is 290 g/mol. The van der Waals surface area contributed by atoms with Crippen molar-refractivity contribution in [1.29, 1.82) is 5.26 Å². The molecule has 0 bridgehead atoms. The quantitative estimate of drug-likeness (QED) is 0.910. The molecule has 0 saturated heterocycles. The van der Waals surface area contributed by atoms with Gasteiger partial charge in [0.1, 0.15) is 11.9 Å². The maximum Gasteiger partial charge on any atom is 0.107 e. The largest absolute Gasteiger partial charge is 0.384 e. The first-order valence-electron chi connectivity index (χ1n) is 5.21. The van der Waals surface area contributed by atoms with Crippen LogP contribution in [0.3, 0.4) is 0 Å². The summed E-state index contributed by atoms with van der Waals surface area (Å²) in [6.07, 6.45) is 4.33. The number of aromatic amines is 1. The number of rotatable bonds is 4. The van der Waals surface area contributed by atoms with Crippen molar-refractivity contribution < 1.29 is 0 Å². The summed E-state index contributed by atoms with van der Waals surface area (Å²) in [5.74, 6) is 0.938. The third kappa shape index (κ3) is 3.08. The number of imidazole rings is 1. The van der Waals surface area contributed by atoms with E-state index in [0.29, 0.717) is 5.56 Å². The molecule has 0 spiro atoms. The number of halogens is 1. The first-order valence-corrected chi connectivity index (χ1v) is 6.00. The van der Waals surface area contributed by atoms with Gasteiger partial charge in [0.05, 0.1) is 11.3 Å². The van der Waals surface area contributed by atoms with Crippen molar-refractivity contribution in [1.82, 2.24) is 9.97 Å².